The normalized spacial score (nSPS) is 11.8. The van der Waals surface area contributed by atoms with Crippen molar-refractivity contribution in [2.75, 3.05) is 19.0 Å². The predicted molar refractivity (Wildman–Crippen MR) is 75.2 cm³/mol. The van der Waals surface area contributed by atoms with E-state index in [1.54, 1.807) is 32.0 Å². The molecular formula is C13H16BrNO4. The van der Waals surface area contributed by atoms with Gasteiger partial charge in [-0.1, -0.05) is 0 Å². The molecule has 0 aliphatic rings. The highest BCUT2D eigenvalue weighted by Gasteiger charge is 2.14. The molecule has 0 saturated carbocycles. The summed E-state index contributed by atoms with van der Waals surface area (Å²) >= 11 is 3.30. The van der Waals surface area contributed by atoms with Gasteiger partial charge in [-0.3, -0.25) is 4.79 Å². The Labute approximate surface area is 120 Å². The van der Waals surface area contributed by atoms with E-state index < -0.39 is 12.1 Å². The van der Waals surface area contributed by atoms with E-state index in [1.165, 1.54) is 7.11 Å². The molecule has 1 N–H and O–H groups in total. The van der Waals surface area contributed by atoms with Gasteiger partial charge in [-0.05, 0) is 48.0 Å². The molecule has 1 rings (SSSR count). The number of carbonyl (C=O) groups is 2. The third kappa shape index (κ3) is 4.33. The van der Waals surface area contributed by atoms with Crippen LogP contribution in [-0.4, -0.2) is 31.7 Å². The van der Waals surface area contributed by atoms with E-state index in [1.807, 2.05) is 0 Å². The monoisotopic (exact) mass is 329 g/mol. The Bertz CT molecular complexity index is 476. The van der Waals surface area contributed by atoms with Gasteiger partial charge in [-0.15, -0.1) is 0 Å². The molecule has 0 heterocycles. The first-order valence-electron chi connectivity index (χ1n) is 5.80. The summed E-state index contributed by atoms with van der Waals surface area (Å²) in [5.41, 5.74) is 0.994. The maximum atomic E-state index is 11.7. The Morgan fingerprint density at radius 2 is 2.11 bits per heavy atom. The van der Waals surface area contributed by atoms with Crippen molar-refractivity contribution in [2.45, 2.75) is 20.0 Å². The van der Waals surface area contributed by atoms with Crippen molar-refractivity contribution < 1.29 is 19.1 Å². The van der Waals surface area contributed by atoms with Crippen LogP contribution in [0.3, 0.4) is 0 Å². The van der Waals surface area contributed by atoms with Crippen LogP contribution >= 0.6 is 15.9 Å². The molecule has 0 fully saturated rings. The molecule has 1 atom stereocenters. The third-order valence-corrected chi connectivity index (χ3v) is 3.12. The molecule has 0 aromatic heterocycles. The van der Waals surface area contributed by atoms with Crippen LogP contribution in [0.2, 0.25) is 0 Å². The van der Waals surface area contributed by atoms with Gasteiger partial charge >= 0.3 is 5.97 Å². The van der Waals surface area contributed by atoms with E-state index in [0.717, 1.165) is 0 Å². The van der Waals surface area contributed by atoms with Crippen molar-refractivity contribution >= 4 is 33.5 Å². The van der Waals surface area contributed by atoms with Crippen molar-refractivity contribution in [1.29, 1.82) is 0 Å². The van der Waals surface area contributed by atoms with E-state index in [9.17, 15) is 9.59 Å². The minimum absolute atomic E-state index is 0.257. The van der Waals surface area contributed by atoms with Gasteiger partial charge in [0, 0.05) is 11.6 Å². The Balaban J connectivity index is 2.83. The summed E-state index contributed by atoms with van der Waals surface area (Å²) in [6.45, 7) is 3.71. The van der Waals surface area contributed by atoms with Crippen LogP contribution < -0.4 is 5.32 Å². The third-order valence-electron chi connectivity index (χ3n) is 2.46. The molecule has 1 amide bonds. The number of ether oxygens (including phenoxy) is 2. The average Bonchev–Trinajstić information content (AvgIpc) is 2.40. The number of amides is 1. The molecule has 104 valence electrons. The molecule has 0 aliphatic carbocycles. The molecular weight excluding hydrogens is 314 g/mol. The number of carbonyl (C=O) groups excluding carboxylic acids is 2. The number of hydrogen-bond acceptors (Lipinski definition) is 4. The van der Waals surface area contributed by atoms with Crippen molar-refractivity contribution in [1.82, 2.24) is 0 Å². The molecule has 0 aliphatic heterocycles. The van der Waals surface area contributed by atoms with Crippen molar-refractivity contribution in [3.63, 3.8) is 0 Å². The lowest BCUT2D eigenvalue weighted by atomic mass is 10.2. The second kappa shape index (κ2) is 7.25. The van der Waals surface area contributed by atoms with Crippen molar-refractivity contribution in [2.24, 2.45) is 0 Å². The van der Waals surface area contributed by atoms with Crippen LogP contribution in [0.4, 0.5) is 5.69 Å². The Morgan fingerprint density at radius 1 is 1.42 bits per heavy atom. The molecule has 1 unspecified atom stereocenters. The van der Waals surface area contributed by atoms with Gasteiger partial charge in [0.05, 0.1) is 17.9 Å². The fourth-order valence-electron chi connectivity index (χ4n) is 1.30. The van der Waals surface area contributed by atoms with Crippen LogP contribution in [0.25, 0.3) is 0 Å². The summed E-state index contributed by atoms with van der Waals surface area (Å²) < 4.78 is 10.4. The van der Waals surface area contributed by atoms with Gasteiger partial charge in [-0.25, -0.2) is 4.79 Å². The Morgan fingerprint density at radius 3 is 2.63 bits per heavy atom. The van der Waals surface area contributed by atoms with Crippen LogP contribution in [0.15, 0.2) is 22.7 Å². The quantitative estimate of drug-likeness (QED) is 0.843. The molecule has 5 nitrogen and oxygen atoms in total. The largest absolute Gasteiger partial charge is 0.462 e. The lowest BCUT2D eigenvalue weighted by molar-refractivity contribution is -0.124. The second-order valence-corrected chi connectivity index (χ2v) is 4.64. The number of rotatable bonds is 5. The zero-order valence-electron chi connectivity index (χ0n) is 11.0. The first-order chi connectivity index (χ1) is 8.99. The molecule has 0 radical (unpaired) electrons. The lowest BCUT2D eigenvalue weighted by Gasteiger charge is -2.12. The first-order valence-corrected chi connectivity index (χ1v) is 6.59. The van der Waals surface area contributed by atoms with Gasteiger partial charge < -0.3 is 14.8 Å². The zero-order valence-corrected chi connectivity index (χ0v) is 12.6. The smallest absolute Gasteiger partial charge is 0.338 e. The van der Waals surface area contributed by atoms with Gasteiger partial charge in [0.1, 0.15) is 6.10 Å². The van der Waals surface area contributed by atoms with Crippen LogP contribution in [0.1, 0.15) is 24.2 Å². The van der Waals surface area contributed by atoms with Crippen LogP contribution in [0.5, 0.6) is 0 Å². The van der Waals surface area contributed by atoms with Gasteiger partial charge in [0.2, 0.25) is 0 Å². The van der Waals surface area contributed by atoms with E-state index in [4.69, 9.17) is 9.47 Å². The highest BCUT2D eigenvalue weighted by Crippen LogP contribution is 2.24. The highest BCUT2D eigenvalue weighted by atomic mass is 79.9. The Hall–Kier alpha value is -1.40. The lowest BCUT2D eigenvalue weighted by Crippen LogP contribution is -2.26. The SMILES string of the molecule is CCOC(=O)c1ccc(NC(=O)C(C)OC)c(Br)c1. The molecule has 0 saturated heterocycles. The molecule has 0 bridgehead atoms. The van der Waals surface area contributed by atoms with Crippen molar-refractivity contribution in [3.05, 3.63) is 28.2 Å². The number of hydrogen-bond donors (Lipinski definition) is 1. The van der Waals surface area contributed by atoms with Crippen LogP contribution in [0, 0.1) is 0 Å². The van der Waals surface area contributed by atoms with E-state index in [-0.39, 0.29) is 5.91 Å². The van der Waals surface area contributed by atoms with E-state index >= 15 is 0 Å². The fraction of sp³-hybridized carbons (Fsp3) is 0.385. The minimum Gasteiger partial charge on any atom is -0.462 e. The van der Waals surface area contributed by atoms with Gasteiger partial charge in [-0.2, -0.15) is 0 Å². The minimum atomic E-state index is -0.545. The number of methoxy groups -OCH3 is 1. The number of anilines is 1. The van der Waals surface area contributed by atoms with E-state index in [2.05, 4.69) is 21.2 Å². The maximum Gasteiger partial charge on any atom is 0.338 e. The summed E-state index contributed by atoms with van der Waals surface area (Å²) in [6.07, 6.45) is -0.545. The number of esters is 1. The first kappa shape index (κ1) is 15.7. The standard InChI is InChI=1S/C13H16BrNO4/c1-4-19-13(17)9-5-6-11(10(14)7-9)15-12(16)8(2)18-3/h5-8H,4H2,1-3H3,(H,15,16). The molecule has 6 heteroatoms. The van der Waals surface area contributed by atoms with Crippen LogP contribution in [-0.2, 0) is 14.3 Å². The van der Waals surface area contributed by atoms with Gasteiger partial charge in [0.25, 0.3) is 5.91 Å². The summed E-state index contributed by atoms with van der Waals surface area (Å²) in [5.74, 6) is -0.654. The number of halogens is 1. The molecule has 1 aromatic rings. The Kier molecular flexibility index (Phi) is 5.98. The topological polar surface area (TPSA) is 64.6 Å². The maximum absolute atomic E-state index is 11.7. The number of benzene rings is 1. The zero-order chi connectivity index (χ0) is 14.4. The summed E-state index contributed by atoms with van der Waals surface area (Å²) in [6, 6.07) is 4.83. The summed E-state index contributed by atoms with van der Waals surface area (Å²) in [5, 5.41) is 2.70. The van der Waals surface area contributed by atoms with Crippen molar-refractivity contribution in [3.8, 4) is 0 Å². The molecule has 0 spiro atoms. The van der Waals surface area contributed by atoms with Gasteiger partial charge in [0.15, 0.2) is 0 Å². The summed E-state index contributed by atoms with van der Waals surface area (Å²) in [7, 11) is 1.46. The average molecular weight is 330 g/mol. The fourth-order valence-corrected chi connectivity index (χ4v) is 1.78. The van der Waals surface area contributed by atoms with E-state index in [0.29, 0.717) is 22.3 Å². The molecule has 19 heavy (non-hydrogen) atoms. The number of nitrogens with one attached hydrogen (secondary N) is 1. The molecule has 1 aromatic carbocycles. The second-order valence-electron chi connectivity index (χ2n) is 3.78. The predicted octanol–water partition coefficient (Wildman–Crippen LogP) is 2.60. The highest BCUT2D eigenvalue weighted by molar-refractivity contribution is 9.10. The summed E-state index contributed by atoms with van der Waals surface area (Å²) in [4.78, 5) is 23.2.